The molecule has 19 heavy (non-hydrogen) atoms. The molecule has 98 valence electrons. The lowest BCUT2D eigenvalue weighted by molar-refractivity contribution is 0.568. The summed E-state index contributed by atoms with van der Waals surface area (Å²) in [5, 5.41) is 11.8. The molecule has 3 nitrogen and oxygen atoms in total. The number of nitrogens with one attached hydrogen (secondary N) is 1. The summed E-state index contributed by atoms with van der Waals surface area (Å²) in [6, 6.07) is 7.21. The lowest BCUT2D eigenvalue weighted by Crippen LogP contribution is -2.13. The monoisotopic (exact) mass is 261 g/mol. The second kappa shape index (κ2) is 5.63. The van der Waals surface area contributed by atoms with Crippen LogP contribution in [0.2, 0.25) is 0 Å². The van der Waals surface area contributed by atoms with Crippen LogP contribution in [0.1, 0.15) is 16.8 Å². The van der Waals surface area contributed by atoms with E-state index in [9.17, 15) is 8.78 Å². The fourth-order valence-electron chi connectivity index (χ4n) is 1.86. The Morgan fingerprint density at radius 3 is 2.74 bits per heavy atom. The van der Waals surface area contributed by atoms with Gasteiger partial charge >= 0.3 is 0 Å². The molecular formula is C14H13F2N3. The zero-order valence-corrected chi connectivity index (χ0v) is 10.5. The second-order valence-corrected chi connectivity index (χ2v) is 4.30. The lowest BCUT2D eigenvalue weighted by atomic mass is 10.2. The highest BCUT2D eigenvalue weighted by molar-refractivity contribution is 5.28. The number of hydrogen-bond acceptors (Lipinski definition) is 2. The van der Waals surface area contributed by atoms with Crippen molar-refractivity contribution in [1.29, 1.82) is 5.26 Å². The Labute approximate surface area is 110 Å². The number of aromatic nitrogens is 1. The molecule has 5 heteroatoms. The van der Waals surface area contributed by atoms with E-state index in [1.165, 1.54) is 6.07 Å². The van der Waals surface area contributed by atoms with E-state index in [1.54, 1.807) is 17.7 Å². The highest BCUT2D eigenvalue weighted by atomic mass is 19.1. The van der Waals surface area contributed by atoms with Gasteiger partial charge in [-0.25, -0.2) is 8.78 Å². The molecule has 0 aliphatic heterocycles. The van der Waals surface area contributed by atoms with E-state index < -0.39 is 11.6 Å². The first-order valence-electron chi connectivity index (χ1n) is 5.80. The Kier molecular flexibility index (Phi) is 3.93. The van der Waals surface area contributed by atoms with Gasteiger partial charge in [0.2, 0.25) is 0 Å². The first-order valence-corrected chi connectivity index (χ1v) is 5.80. The average Bonchev–Trinajstić information content (AvgIpc) is 2.74. The van der Waals surface area contributed by atoms with Crippen LogP contribution in [-0.2, 0) is 20.1 Å². The van der Waals surface area contributed by atoms with Gasteiger partial charge in [-0.2, -0.15) is 5.26 Å². The molecule has 1 heterocycles. The second-order valence-electron chi connectivity index (χ2n) is 4.30. The molecule has 0 aliphatic carbocycles. The van der Waals surface area contributed by atoms with Crippen LogP contribution in [0.15, 0.2) is 30.5 Å². The maximum Gasteiger partial charge on any atom is 0.127 e. The van der Waals surface area contributed by atoms with E-state index in [4.69, 9.17) is 5.26 Å². The van der Waals surface area contributed by atoms with Crippen LogP contribution in [0.5, 0.6) is 0 Å². The summed E-state index contributed by atoms with van der Waals surface area (Å²) in [7, 11) is 1.79. The number of halogens is 2. The Bertz CT molecular complexity index is 626. The Morgan fingerprint density at radius 2 is 2.05 bits per heavy atom. The Hall–Kier alpha value is -2.19. The molecule has 0 spiro atoms. The first kappa shape index (κ1) is 13.2. The number of hydrogen-bond donors (Lipinski definition) is 1. The predicted molar refractivity (Wildman–Crippen MR) is 67.0 cm³/mol. The van der Waals surface area contributed by atoms with Crippen molar-refractivity contribution >= 4 is 0 Å². The van der Waals surface area contributed by atoms with Crippen LogP contribution in [0, 0.1) is 23.0 Å². The van der Waals surface area contributed by atoms with Crippen LogP contribution >= 0.6 is 0 Å². The molecule has 0 unspecified atom stereocenters. The molecular weight excluding hydrogens is 248 g/mol. The smallest absolute Gasteiger partial charge is 0.127 e. The molecule has 1 aromatic heterocycles. The molecule has 0 amide bonds. The van der Waals surface area contributed by atoms with Crippen LogP contribution in [-0.4, -0.2) is 4.57 Å². The van der Waals surface area contributed by atoms with Crippen molar-refractivity contribution in [1.82, 2.24) is 9.88 Å². The van der Waals surface area contributed by atoms with Crippen molar-refractivity contribution in [2.24, 2.45) is 7.05 Å². The zero-order valence-electron chi connectivity index (χ0n) is 10.5. The summed E-state index contributed by atoms with van der Waals surface area (Å²) < 4.78 is 28.1. The SMILES string of the molecule is Cn1cc(CNCc2cc(F)ccc2F)cc1C#N. The van der Waals surface area contributed by atoms with Gasteiger partial charge in [0, 0.05) is 31.9 Å². The number of benzene rings is 1. The minimum atomic E-state index is -0.454. The number of aryl methyl sites for hydroxylation is 1. The fourth-order valence-corrected chi connectivity index (χ4v) is 1.86. The maximum atomic E-state index is 13.4. The van der Waals surface area contributed by atoms with Gasteiger partial charge in [0.1, 0.15) is 23.4 Å². The lowest BCUT2D eigenvalue weighted by Gasteiger charge is -2.05. The minimum absolute atomic E-state index is 0.236. The van der Waals surface area contributed by atoms with Gasteiger partial charge in [0.05, 0.1) is 0 Å². The van der Waals surface area contributed by atoms with Gasteiger partial charge in [-0.15, -0.1) is 0 Å². The first-order chi connectivity index (χ1) is 9.10. The normalized spacial score (nSPS) is 10.4. The predicted octanol–water partition coefficient (Wildman–Crippen LogP) is 2.46. The van der Waals surface area contributed by atoms with Crippen LogP contribution in [0.4, 0.5) is 8.78 Å². The average molecular weight is 261 g/mol. The van der Waals surface area contributed by atoms with Crippen molar-refractivity contribution in [3.05, 3.63) is 58.9 Å². The number of nitriles is 1. The third-order valence-electron chi connectivity index (χ3n) is 2.83. The van der Waals surface area contributed by atoms with Gasteiger partial charge in [-0.1, -0.05) is 0 Å². The topological polar surface area (TPSA) is 40.8 Å². The minimum Gasteiger partial charge on any atom is -0.342 e. The van der Waals surface area contributed by atoms with Gasteiger partial charge < -0.3 is 9.88 Å². The molecule has 2 aromatic rings. The van der Waals surface area contributed by atoms with Gasteiger partial charge in [0.25, 0.3) is 0 Å². The van der Waals surface area contributed by atoms with E-state index in [0.717, 1.165) is 17.7 Å². The number of rotatable bonds is 4. The van der Waals surface area contributed by atoms with Gasteiger partial charge in [0.15, 0.2) is 0 Å². The molecule has 0 saturated carbocycles. The van der Waals surface area contributed by atoms with Crippen molar-refractivity contribution in [3.8, 4) is 6.07 Å². The highest BCUT2D eigenvalue weighted by Gasteiger charge is 2.05. The summed E-state index contributed by atoms with van der Waals surface area (Å²) in [6.07, 6.45) is 1.83. The van der Waals surface area contributed by atoms with E-state index in [-0.39, 0.29) is 12.1 Å². The number of nitrogens with zero attached hydrogens (tertiary/aromatic N) is 2. The molecule has 0 bridgehead atoms. The standard InChI is InChI=1S/C14H13F2N3/c1-19-9-10(4-13(19)6-17)7-18-8-11-5-12(15)2-3-14(11)16/h2-5,9,18H,7-8H2,1H3. The van der Waals surface area contributed by atoms with Crippen LogP contribution in [0.25, 0.3) is 0 Å². The Balaban J connectivity index is 1.96. The molecule has 0 radical (unpaired) electrons. The van der Waals surface area contributed by atoms with E-state index in [0.29, 0.717) is 12.2 Å². The third kappa shape index (κ3) is 3.18. The van der Waals surface area contributed by atoms with E-state index in [1.807, 2.05) is 6.20 Å². The van der Waals surface area contributed by atoms with E-state index in [2.05, 4.69) is 11.4 Å². The maximum absolute atomic E-state index is 13.4. The third-order valence-corrected chi connectivity index (χ3v) is 2.83. The highest BCUT2D eigenvalue weighted by Crippen LogP contribution is 2.10. The van der Waals surface area contributed by atoms with Crippen molar-refractivity contribution in [2.45, 2.75) is 13.1 Å². The summed E-state index contributed by atoms with van der Waals surface area (Å²) in [5.74, 6) is -0.885. The van der Waals surface area contributed by atoms with Crippen LogP contribution in [0.3, 0.4) is 0 Å². The summed E-state index contributed by atoms with van der Waals surface area (Å²) in [5.41, 5.74) is 1.78. The fraction of sp³-hybridized carbons (Fsp3) is 0.214. The summed E-state index contributed by atoms with van der Waals surface area (Å²) in [6.45, 7) is 0.728. The zero-order chi connectivity index (χ0) is 13.8. The summed E-state index contributed by atoms with van der Waals surface area (Å²) in [4.78, 5) is 0. The Morgan fingerprint density at radius 1 is 1.26 bits per heavy atom. The summed E-state index contributed by atoms with van der Waals surface area (Å²) >= 11 is 0. The van der Waals surface area contributed by atoms with Crippen molar-refractivity contribution < 1.29 is 8.78 Å². The van der Waals surface area contributed by atoms with Crippen LogP contribution < -0.4 is 5.32 Å². The molecule has 0 atom stereocenters. The molecule has 0 aliphatic rings. The molecule has 1 aromatic carbocycles. The molecule has 0 fully saturated rings. The largest absolute Gasteiger partial charge is 0.342 e. The quantitative estimate of drug-likeness (QED) is 0.918. The molecule has 0 saturated heterocycles. The van der Waals surface area contributed by atoms with Gasteiger partial charge in [-0.05, 0) is 29.8 Å². The van der Waals surface area contributed by atoms with Gasteiger partial charge in [-0.3, -0.25) is 0 Å². The van der Waals surface area contributed by atoms with Crippen molar-refractivity contribution in [2.75, 3.05) is 0 Å². The van der Waals surface area contributed by atoms with Crippen molar-refractivity contribution in [3.63, 3.8) is 0 Å². The van der Waals surface area contributed by atoms with E-state index >= 15 is 0 Å². The molecule has 2 rings (SSSR count). The molecule has 1 N–H and O–H groups in total.